The number of nitrogens with zero attached hydrogens (tertiary/aromatic N) is 2. The van der Waals surface area contributed by atoms with Crippen LogP contribution in [0.4, 0.5) is 0 Å². The van der Waals surface area contributed by atoms with Crippen LogP contribution in [0.5, 0.6) is 11.8 Å². The molecule has 2 rings (SSSR count). The van der Waals surface area contributed by atoms with Crippen molar-refractivity contribution in [3.8, 4) is 11.8 Å². The molecule has 1 fully saturated rings. The van der Waals surface area contributed by atoms with Gasteiger partial charge in [-0.2, -0.15) is 9.97 Å². The van der Waals surface area contributed by atoms with Crippen LogP contribution in [0.15, 0.2) is 11.2 Å². The summed E-state index contributed by atoms with van der Waals surface area (Å²) >= 11 is 6.37. The van der Waals surface area contributed by atoms with Crippen molar-refractivity contribution in [1.29, 1.82) is 0 Å². The van der Waals surface area contributed by atoms with Crippen molar-refractivity contribution in [3.05, 3.63) is 6.07 Å². The molecule has 1 amide bonds. The second-order valence-electron chi connectivity index (χ2n) is 5.51. The van der Waals surface area contributed by atoms with Crippen molar-refractivity contribution in [2.45, 2.75) is 43.3 Å². The van der Waals surface area contributed by atoms with Crippen molar-refractivity contribution in [2.75, 3.05) is 20.0 Å². The first-order valence-corrected chi connectivity index (χ1v) is 9.45. The molecule has 0 spiro atoms. The zero-order valence-electron chi connectivity index (χ0n) is 14.3. The van der Waals surface area contributed by atoms with Gasteiger partial charge in [-0.15, -0.1) is 0 Å². The third-order valence-electron chi connectivity index (χ3n) is 3.67. The minimum atomic E-state index is -0.233. The molecule has 1 heterocycles. The van der Waals surface area contributed by atoms with E-state index in [0.29, 0.717) is 28.1 Å². The number of aromatic nitrogens is 2. The highest BCUT2D eigenvalue weighted by molar-refractivity contribution is 7.99. The lowest BCUT2D eigenvalue weighted by Gasteiger charge is -2.24. The molecule has 1 aliphatic carbocycles. The maximum Gasteiger partial charge on any atom is 0.248 e. The van der Waals surface area contributed by atoms with Crippen LogP contribution in [0.25, 0.3) is 0 Å². The lowest BCUT2D eigenvalue weighted by atomic mass is 9.96. The molecule has 0 unspecified atom stereocenters. The number of hydrazine groups is 1. The molecule has 0 aliphatic heterocycles. The lowest BCUT2D eigenvalue weighted by molar-refractivity contribution is -0.119. The number of amides is 1. The van der Waals surface area contributed by atoms with E-state index >= 15 is 0 Å². The molecule has 1 aromatic heterocycles. The number of hydrogen-bond acceptors (Lipinski definition) is 7. The van der Waals surface area contributed by atoms with Gasteiger partial charge in [0.1, 0.15) is 0 Å². The largest absolute Gasteiger partial charge is 0.481 e. The standard InChI is InChI=1S/C15H23N5O3S2/c1-22-12-8-13(23-2)18-15(17-12)25-9-11(21)19-20-14(24)16-10-6-4-3-5-7-10/h8,10H,3-7,9H2,1-2H3,(H,19,21)(H2,16,20,24). The lowest BCUT2D eigenvalue weighted by Crippen LogP contribution is -2.50. The Morgan fingerprint density at radius 1 is 1.20 bits per heavy atom. The van der Waals surface area contributed by atoms with Crippen molar-refractivity contribution in [3.63, 3.8) is 0 Å². The Balaban J connectivity index is 1.72. The molecule has 8 nitrogen and oxygen atoms in total. The van der Waals surface area contributed by atoms with E-state index in [9.17, 15) is 4.79 Å². The van der Waals surface area contributed by atoms with Gasteiger partial charge in [-0.3, -0.25) is 15.6 Å². The highest BCUT2D eigenvalue weighted by Gasteiger charge is 2.14. The summed E-state index contributed by atoms with van der Waals surface area (Å²) in [5.74, 6) is 0.662. The topological polar surface area (TPSA) is 97.4 Å². The van der Waals surface area contributed by atoms with Crippen LogP contribution in [0.2, 0.25) is 0 Å². The molecule has 3 N–H and O–H groups in total. The van der Waals surface area contributed by atoms with Gasteiger partial charge in [0.2, 0.25) is 17.7 Å². The zero-order valence-corrected chi connectivity index (χ0v) is 16.0. The molecular formula is C15H23N5O3S2. The molecule has 0 atom stereocenters. The number of carbonyl (C=O) groups excluding carboxylic acids is 1. The first kappa shape index (κ1) is 19.5. The fourth-order valence-corrected chi connectivity index (χ4v) is 3.28. The van der Waals surface area contributed by atoms with Gasteiger partial charge in [-0.1, -0.05) is 31.0 Å². The van der Waals surface area contributed by atoms with Crippen LogP contribution in [-0.4, -0.2) is 47.0 Å². The van der Waals surface area contributed by atoms with Crippen molar-refractivity contribution in [2.24, 2.45) is 0 Å². The van der Waals surface area contributed by atoms with Crippen LogP contribution in [0.1, 0.15) is 32.1 Å². The Bertz CT molecular complexity index is 574. The summed E-state index contributed by atoms with van der Waals surface area (Å²) in [6.45, 7) is 0. The zero-order chi connectivity index (χ0) is 18.1. The van der Waals surface area contributed by atoms with Gasteiger partial charge in [0.25, 0.3) is 0 Å². The third kappa shape index (κ3) is 6.91. The Hall–Kier alpha value is -1.81. The van der Waals surface area contributed by atoms with Crippen molar-refractivity contribution in [1.82, 2.24) is 26.1 Å². The summed E-state index contributed by atoms with van der Waals surface area (Å²) in [7, 11) is 3.01. The normalized spacial score (nSPS) is 14.5. The highest BCUT2D eigenvalue weighted by atomic mass is 32.2. The molecule has 1 aliphatic rings. The average molecular weight is 386 g/mol. The van der Waals surface area contributed by atoms with Gasteiger partial charge < -0.3 is 14.8 Å². The minimum absolute atomic E-state index is 0.134. The summed E-state index contributed by atoms with van der Waals surface area (Å²) in [6, 6.07) is 1.96. The summed E-state index contributed by atoms with van der Waals surface area (Å²) in [4.78, 5) is 20.2. The van der Waals surface area contributed by atoms with E-state index in [4.69, 9.17) is 21.7 Å². The van der Waals surface area contributed by atoms with E-state index in [-0.39, 0.29) is 11.7 Å². The number of rotatable bonds is 6. The number of ether oxygens (including phenoxy) is 2. The summed E-state index contributed by atoms with van der Waals surface area (Å²) in [5, 5.41) is 4.05. The summed E-state index contributed by atoms with van der Waals surface area (Å²) in [6.07, 6.45) is 5.94. The molecule has 10 heteroatoms. The average Bonchev–Trinajstić information content (AvgIpc) is 2.65. The maximum atomic E-state index is 11.9. The van der Waals surface area contributed by atoms with E-state index < -0.39 is 0 Å². The first-order chi connectivity index (χ1) is 12.1. The smallest absolute Gasteiger partial charge is 0.248 e. The fraction of sp³-hybridized carbons (Fsp3) is 0.600. The Kier molecular flexibility index (Phi) is 7.99. The number of methoxy groups -OCH3 is 2. The Morgan fingerprint density at radius 3 is 2.44 bits per heavy atom. The SMILES string of the molecule is COc1cc(OC)nc(SCC(=O)NNC(=S)NC2CCCCC2)n1. The summed E-state index contributed by atoms with van der Waals surface area (Å²) < 4.78 is 10.1. The monoisotopic (exact) mass is 385 g/mol. The third-order valence-corrected chi connectivity index (χ3v) is 4.73. The predicted molar refractivity (Wildman–Crippen MR) is 99.7 cm³/mol. The highest BCUT2D eigenvalue weighted by Crippen LogP contribution is 2.21. The second-order valence-corrected chi connectivity index (χ2v) is 6.86. The molecule has 0 saturated heterocycles. The fourth-order valence-electron chi connectivity index (χ4n) is 2.42. The van der Waals surface area contributed by atoms with Gasteiger partial charge in [0.15, 0.2) is 10.3 Å². The van der Waals surface area contributed by atoms with E-state index in [1.165, 1.54) is 45.2 Å². The van der Waals surface area contributed by atoms with Gasteiger partial charge in [-0.25, -0.2) is 0 Å². The second kappa shape index (κ2) is 10.2. The van der Waals surface area contributed by atoms with E-state index in [1.807, 2.05) is 0 Å². The van der Waals surface area contributed by atoms with E-state index in [1.54, 1.807) is 6.07 Å². The number of thioether (sulfide) groups is 1. The Morgan fingerprint density at radius 2 is 1.84 bits per heavy atom. The van der Waals surface area contributed by atoms with E-state index in [2.05, 4.69) is 26.1 Å². The molecule has 0 bridgehead atoms. The number of thiocarbonyl (C=S) groups is 1. The van der Waals surface area contributed by atoms with Gasteiger partial charge in [0, 0.05) is 6.04 Å². The van der Waals surface area contributed by atoms with Crippen LogP contribution in [-0.2, 0) is 4.79 Å². The molecule has 138 valence electrons. The van der Waals surface area contributed by atoms with Gasteiger partial charge in [-0.05, 0) is 25.1 Å². The molecule has 0 aromatic carbocycles. The van der Waals surface area contributed by atoms with Crippen molar-refractivity contribution < 1.29 is 14.3 Å². The summed E-state index contributed by atoms with van der Waals surface area (Å²) in [5.41, 5.74) is 5.30. The predicted octanol–water partition coefficient (Wildman–Crippen LogP) is 1.41. The van der Waals surface area contributed by atoms with Crippen LogP contribution >= 0.6 is 24.0 Å². The molecule has 1 saturated carbocycles. The van der Waals surface area contributed by atoms with Gasteiger partial charge >= 0.3 is 0 Å². The van der Waals surface area contributed by atoms with Crippen LogP contribution in [0.3, 0.4) is 0 Å². The Labute approximate surface area is 156 Å². The maximum absolute atomic E-state index is 11.9. The number of hydrogen-bond donors (Lipinski definition) is 3. The minimum Gasteiger partial charge on any atom is -0.481 e. The van der Waals surface area contributed by atoms with E-state index in [0.717, 1.165) is 12.8 Å². The quantitative estimate of drug-likeness (QED) is 0.291. The number of carbonyl (C=O) groups is 1. The van der Waals surface area contributed by atoms with Crippen LogP contribution in [0, 0.1) is 0 Å². The number of nitrogens with one attached hydrogen (secondary N) is 3. The molecule has 1 aromatic rings. The van der Waals surface area contributed by atoms with Crippen LogP contribution < -0.4 is 25.6 Å². The first-order valence-electron chi connectivity index (χ1n) is 8.06. The molecular weight excluding hydrogens is 362 g/mol. The molecule has 0 radical (unpaired) electrons. The van der Waals surface area contributed by atoms with Crippen molar-refractivity contribution >= 4 is 35.0 Å². The molecule has 25 heavy (non-hydrogen) atoms. The van der Waals surface area contributed by atoms with Gasteiger partial charge in [0.05, 0.1) is 26.0 Å².